The minimum Gasteiger partial charge on any atom is -0.354 e. The molecule has 0 saturated heterocycles. The number of rotatable bonds is 8. The van der Waals surface area contributed by atoms with Gasteiger partial charge in [0.05, 0.1) is 0 Å². The molecule has 1 aromatic heterocycles. The number of amides is 1. The lowest BCUT2D eigenvalue weighted by Gasteiger charge is -2.18. The summed E-state index contributed by atoms with van der Waals surface area (Å²) in [6.45, 7) is 10.2. The monoisotopic (exact) mass is 278 g/mol. The number of anilines is 1. The Bertz CT molecular complexity index is 430. The highest BCUT2D eigenvalue weighted by Crippen LogP contribution is 2.08. The van der Waals surface area contributed by atoms with Crippen LogP contribution in [0.1, 0.15) is 56.2 Å². The fourth-order valence-corrected chi connectivity index (χ4v) is 2.01. The molecule has 20 heavy (non-hydrogen) atoms. The maximum absolute atomic E-state index is 12.3. The first-order valence-electron chi connectivity index (χ1n) is 7.51. The summed E-state index contributed by atoms with van der Waals surface area (Å²) in [6, 6.07) is 1.75. The summed E-state index contributed by atoms with van der Waals surface area (Å²) in [7, 11) is 0. The highest BCUT2D eigenvalue weighted by Gasteiger charge is 2.15. The third kappa shape index (κ3) is 4.79. The minimum absolute atomic E-state index is 0.0305. The van der Waals surface area contributed by atoms with Gasteiger partial charge >= 0.3 is 0 Å². The quantitative estimate of drug-likeness (QED) is 0.743. The third-order valence-electron chi connectivity index (χ3n) is 3.19. The molecule has 112 valence electrons. The highest BCUT2D eigenvalue weighted by atomic mass is 16.2. The van der Waals surface area contributed by atoms with E-state index < -0.39 is 0 Å². The number of aryl methyl sites for hydroxylation is 1. The van der Waals surface area contributed by atoms with Crippen molar-refractivity contribution in [2.24, 2.45) is 0 Å². The molecule has 1 heterocycles. The van der Waals surface area contributed by atoms with Crippen LogP contribution in [0.15, 0.2) is 6.07 Å². The van der Waals surface area contributed by atoms with Crippen molar-refractivity contribution in [2.45, 2.75) is 47.0 Å². The zero-order chi connectivity index (χ0) is 15.0. The molecular weight excluding hydrogens is 252 g/mol. The largest absolute Gasteiger partial charge is 0.354 e. The normalized spacial score (nSPS) is 10.4. The molecule has 0 bridgehead atoms. The van der Waals surface area contributed by atoms with Crippen LogP contribution < -0.4 is 5.32 Å². The molecule has 5 heteroatoms. The van der Waals surface area contributed by atoms with Crippen LogP contribution in [0.25, 0.3) is 0 Å². The molecule has 0 aromatic carbocycles. The van der Waals surface area contributed by atoms with Crippen LogP contribution in [-0.2, 0) is 0 Å². The lowest BCUT2D eigenvalue weighted by Crippen LogP contribution is -2.31. The van der Waals surface area contributed by atoms with Crippen molar-refractivity contribution >= 4 is 11.9 Å². The molecule has 0 unspecified atom stereocenters. The average molecular weight is 278 g/mol. The Morgan fingerprint density at radius 1 is 1.20 bits per heavy atom. The second-order valence-corrected chi connectivity index (χ2v) is 4.83. The Kier molecular flexibility index (Phi) is 6.98. The van der Waals surface area contributed by atoms with Gasteiger partial charge in [0.25, 0.3) is 5.91 Å². The molecular formula is C15H26N4O. The molecule has 0 radical (unpaired) electrons. The Balaban J connectivity index is 2.77. The van der Waals surface area contributed by atoms with E-state index in [9.17, 15) is 4.79 Å². The van der Waals surface area contributed by atoms with E-state index in [1.165, 1.54) is 12.8 Å². The van der Waals surface area contributed by atoms with E-state index in [-0.39, 0.29) is 5.91 Å². The topological polar surface area (TPSA) is 58.1 Å². The average Bonchev–Trinajstić information content (AvgIpc) is 2.44. The van der Waals surface area contributed by atoms with Crippen molar-refractivity contribution in [2.75, 3.05) is 25.0 Å². The van der Waals surface area contributed by atoms with E-state index in [0.29, 0.717) is 24.7 Å². The summed E-state index contributed by atoms with van der Waals surface area (Å²) in [5.41, 5.74) is 1.28. The number of nitrogens with one attached hydrogen (secondary N) is 1. The number of unbranched alkanes of at least 4 members (excludes halogenated alkanes) is 2. The van der Waals surface area contributed by atoms with E-state index in [4.69, 9.17) is 0 Å². The molecule has 1 aromatic rings. The van der Waals surface area contributed by atoms with E-state index in [1.54, 1.807) is 11.0 Å². The summed E-state index contributed by atoms with van der Waals surface area (Å²) in [5, 5.41) is 3.20. The molecule has 0 atom stereocenters. The zero-order valence-electron chi connectivity index (χ0n) is 13.1. The zero-order valence-corrected chi connectivity index (χ0v) is 13.1. The van der Waals surface area contributed by atoms with Gasteiger partial charge in [-0.1, -0.05) is 19.8 Å². The first kappa shape index (κ1) is 16.4. The van der Waals surface area contributed by atoms with Crippen LogP contribution in [0.3, 0.4) is 0 Å². The Morgan fingerprint density at radius 2 is 1.90 bits per heavy atom. The Labute approximate surface area is 121 Å². The summed E-state index contributed by atoms with van der Waals surface area (Å²) in [6.07, 6.45) is 3.46. The summed E-state index contributed by atoms with van der Waals surface area (Å²) < 4.78 is 0. The van der Waals surface area contributed by atoms with Crippen LogP contribution in [0.5, 0.6) is 0 Å². The Morgan fingerprint density at radius 3 is 2.50 bits per heavy atom. The first-order valence-corrected chi connectivity index (χ1v) is 7.51. The lowest BCUT2D eigenvalue weighted by atomic mass is 10.2. The van der Waals surface area contributed by atoms with Gasteiger partial charge in [-0.25, -0.2) is 9.97 Å². The Hall–Kier alpha value is -1.65. The number of hydrogen-bond acceptors (Lipinski definition) is 4. The molecule has 0 aliphatic rings. The predicted molar refractivity (Wildman–Crippen MR) is 82.0 cm³/mol. The van der Waals surface area contributed by atoms with Gasteiger partial charge in [-0.3, -0.25) is 4.79 Å². The van der Waals surface area contributed by atoms with Crippen molar-refractivity contribution in [3.8, 4) is 0 Å². The van der Waals surface area contributed by atoms with Crippen LogP contribution in [0.4, 0.5) is 5.95 Å². The number of carbonyl (C=O) groups is 1. The summed E-state index contributed by atoms with van der Waals surface area (Å²) in [4.78, 5) is 22.7. The van der Waals surface area contributed by atoms with Gasteiger partial charge < -0.3 is 10.2 Å². The SMILES string of the molecule is CCCCCNc1nc(C)cc(C(=O)N(CC)CC)n1. The van der Waals surface area contributed by atoms with Gasteiger partial charge in [0.1, 0.15) is 5.69 Å². The van der Waals surface area contributed by atoms with Crippen LogP contribution >= 0.6 is 0 Å². The smallest absolute Gasteiger partial charge is 0.272 e. The molecule has 0 fully saturated rings. The molecule has 5 nitrogen and oxygen atoms in total. The van der Waals surface area contributed by atoms with Crippen LogP contribution in [0.2, 0.25) is 0 Å². The number of aromatic nitrogens is 2. The van der Waals surface area contributed by atoms with Crippen molar-refractivity contribution in [3.63, 3.8) is 0 Å². The van der Waals surface area contributed by atoms with Gasteiger partial charge in [0, 0.05) is 25.3 Å². The van der Waals surface area contributed by atoms with E-state index in [1.807, 2.05) is 20.8 Å². The molecule has 0 aliphatic heterocycles. The van der Waals surface area contributed by atoms with E-state index >= 15 is 0 Å². The standard InChI is InChI=1S/C15H26N4O/c1-5-8-9-10-16-15-17-12(4)11-13(18-15)14(20)19(6-2)7-3/h11H,5-10H2,1-4H3,(H,16,17,18). The van der Waals surface area contributed by atoms with Gasteiger partial charge in [-0.2, -0.15) is 0 Å². The third-order valence-corrected chi connectivity index (χ3v) is 3.19. The summed E-state index contributed by atoms with van der Waals surface area (Å²) in [5.74, 6) is 0.522. The van der Waals surface area contributed by atoms with Crippen LogP contribution in [-0.4, -0.2) is 40.4 Å². The van der Waals surface area contributed by atoms with Crippen molar-refractivity contribution in [3.05, 3.63) is 17.5 Å². The number of nitrogens with zero attached hydrogens (tertiary/aromatic N) is 3. The highest BCUT2D eigenvalue weighted by molar-refractivity contribution is 5.92. The second kappa shape index (κ2) is 8.51. The molecule has 0 spiro atoms. The molecule has 0 saturated carbocycles. The van der Waals surface area contributed by atoms with Gasteiger partial charge in [-0.15, -0.1) is 0 Å². The predicted octanol–water partition coefficient (Wildman–Crippen LogP) is 2.87. The van der Waals surface area contributed by atoms with Gasteiger partial charge in [0.2, 0.25) is 5.95 Å². The van der Waals surface area contributed by atoms with Crippen molar-refractivity contribution < 1.29 is 4.79 Å². The van der Waals surface area contributed by atoms with Crippen molar-refractivity contribution in [1.29, 1.82) is 0 Å². The molecule has 1 N–H and O–H groups in total. The number of hydrogen-bond donors (Lipinski definition) is 1. The van der Waals surface area contributed by atoms with Gasteiger partial charge in [-0.05, 0) is 33.3 Å². The van der Waals surface area contributed by atoms with E-state index in [2.05, 4.69) is 22.2 Å². The van der Waals surface area contributed by atoms with Crippen LogP contribution in [0, 0.1) is 6.92 Å². The molecule has 1 rings (SSSR count). The van der Waals surface area contributed by atoms with E-state index in [0.717, 1.165) is 18.7 Å². The lowest BCUT2D eigenvalue weighted by molar-refractivity contribution is 0.0767. The maximum atomic E-state index is 12.3. The number of carbonyl (C=O) groups excluding carboxylic acids is 1. The van der Waals surface area contributed by atoms with Gasteiger partial charge in [0.15, 0.2) is 0 Å². The fraction of sp³-hybridized carbons (Fsp3) is 0.667. The van der Waals surface area contributed by atoms with Crippen molar-refractivity contribution in [1.82, 2.24) is 14.9 Å². The first-order chi connectivity index (χ1) is 9.62. The summed E-state index contributed by atoms with van der Waals surface area (Å²) >= 11 is 0. The minimum atomic E-state index is -0.0305. The molecule has 1 amide bonds. The molecule has 0 aliphatic carbocycles. The second-order valence-electron chi connectivity index (χ2n) is 4.83. The fourth-order valence-electron chi connectivity index (χ4n) is 2.01. The maximum Gasteiger partial charge on any atom is 0.272 e.